The maximum Gasteiger partial charge on any atom is 0.320 e. The lowest BCUT2D eigenvalue weighted by Crippen LogP contribution is -2.43. The van der Waals surface area contributed by atoms with Gasteiger partial charge in [-0.3, -0.25) is 9.36 Å². The van der Waals surface area contributed by atoms with Crippen molar-refractivity contribution < 1.29 is 24.9 Å². The fraction of sp³-hybridized carbons (Fsp3) is 0.647. The molecule has 2 aromatic heterocycles. The van der Waals surface area contributed by atoms with Crippen molar-refractivity contribution in [2.75, 3.05) is 31.9 Å². The van der Waals surface area contributed by atoms with E-state index in [1.807, 2.05) is 4.90 Å². The molecule has 8 N–H and O–H groups in total. The normalized spacial score (nSPS) is 24.0. The highest BCUT2D eigenvalue weighted by molar-refractivity contribution is 5.81. The Morgan fingerprint density at radius 2 is 2.12 bits per heavy atom. The standard InChI is InChI=1S/C17H26N10O5/c18-9(17(30)31)2-5-26(4-1-3-24-25-20)6-10-12(28)13(29)16(32-10)27-8-23-11-14(19)21-7-22-15(11)27/h7-10,12-13,16,20,28-29H,1-6,18H2,(H2-,19,21,22,30,31)/p+1/t9-,10+,12+,13+,16+/m0/s1. The first-order valence-corrected chi connectivity index (χ1v) is 10.0. The van der Waals surface area contributed by atoms with Gasteiger partial charge in [-0.2, -0.15) is 0 Å². The van der Waals surface area contributed by atoms with E-state index in [0.717, 1.165) is 0 Å². The summed E-state index contributed by atoms with van der Waals surface area (Å²) < 4.78 is 7.44. The third-order valence-electron chi connectivity index (χ3n) is 5.31. The molecule has 2 aromatic rings. The Balaban J connectivity index is 1.71. The predicted molar refractivity (Wildman–Crippen MR) is 109 cm³/mol. The molecule has 1 aliphatic heterocycles. The van der Waals surface area contributed by atoms with Crippen molar-refractivity contribution in [2.45, 2.75) is 43.4 Å². The zero-order valence-corrected chi connectivity index (χ0v) is 17.2. The molecule has 0 saturated carbocycles. The van der Waals surface area contributed by atoms with E-state index in [9.17, 15) is 15.0 Å². The molecule has 3 rings (SSSR count). The number of nitrogen functional groups attached to an aromatic ring is 1. The van der Waals surface area contributed by atoms with Gasteiger partial charge in [-0.15, -0.1) is 0 Å². The number of nitrogens with two attached hydrogens (primary N) is 2. The van der Waals surface area contributed by atoms with Crippen LogP contribution in [0.4, 0.5) is 5.82 Å². The minimum absolute atomic E-state index is 0.184. The second-order valence-corrected chi connectivity index (χ2v) is 7.48. The highest BCUT2D eigenvalue weighted by Gasteiger charge is 2.44. The van der Waals surface area contributed by atoms with Gasteiger partial charge in [0.15, 0.2) is 17.7 Å². The number of carboxylic acid groups (broad SMARTS) is 1. The summed E-state index contributed by atoms with van der Waals surface area (Å²) in [6.07, 6.45) is -0.760. The summed E-state index contributed by atoms with van der Waals surface area (Å²) in [5.74, 6) is -0.919. The number of carbonyl (C=O) groups is 1. The second kappa shape index (κ2) is 10.5. The molecular weight excluding hydrogens is 424 g/mol. The number of aromatic nitrogens is 4. The zero-order chi connectivity index (χ0) is 23.3. The van der Waals surface area contributed by atoms with Crippen molar-refractivity contribution >= 4 is 23.0 Å². The first-order chi connectivity index (χ1) is 15.3. The highest BCUT2D eigenvalue weighted by atomic mass is 16.6. The minimum atomic E-state index is -1.26. The van der Waals surface area contributed by atoms with Crippen molar-refractivity contribution in [1.82, 2.24) is 29.3 Å². The van der Waals surface area contributed by atoms with E-state index in [1.54, 1.807) is 0 Å². The van der Waals surface area contributed by atoms with Gasteiger partial charge in [0.2, 0.25) is 4.91 Å². The van der Waals surface area contributed by atoms with E-state index >= 15 is 0 Å². The lowest BCUT2D eigenvalue weighted by molar-refractivity contribution is -0.138. The van der Waals surface area contributed by atoms with Gasteiger partial charge >= 0.3 is 5.97 Å². The van der Waals surface area contributed by atoms with E-state index in [0.29, 0.717) is 37.2 Å². The van der Waals surface area contributed by atoms with E-state index in [4.69, 9.17) is 26.8 Å². The van der Waals surface area contributed by atoms with Crippen LogP contribution in [-0.4, -0.2) is 96.2 Å². The Hall–Kier alpha value is -3.07. The molecule has 0 spiro atoms. The molecule has 15 heteroatoms. The van der Waals surface area contributed by atoms with Gasteiger partial charge in [0.1, 0.15) is 53.4 Å². The second-order valence-electron chi connectivity index (χ2n) is 7.48. The summed E-state index contributed by atoms with van der Waals surface area (Å²) >= 11 is 0. The summed E-state index contributed by atoms with van der Waals surface area (Å²) in [7, 11) is 0. The number of anilines is 1. The number of nitrogens with zero attached hydrogens (tertiary/aromatic N) is 7. The van der Waals surface area contributed by atoms with Crippen molar-refractivity contribution in [3.8, 4) is 0 Å². The van der Waals surface area contributed by atoms with Gasteiger partial charge in [-0.05, 0) is 12.8 Å². The summed E-state index contributed by atoms with van der Waals surface area (Å²) in [4.78, 5) is 28.0. The average Bonchev–Trinajstić information content (AvgIpc) is 3.31. The number of rotatable bonds is 11. The molecule has 5 atom stereocenters. The van der Waals surface area contributed by atoms with Crippen LogP contribution in [0.3, 0.4) is 0 Å². The predicted octanol–water partition coefficient (Wildman–Crippen LogP) is -1.93. The van der Waals surface area contributed by atoms with Crippen molar-refractivity contribution in [3.63, 3.8) is 0 Å². The quantitative estimate of drug-likeness (QED) is 0.125. The molecule has 32 heavy (non-hydrogen) atoms. The molecule has 3 heterocycles. The van der Waals surface area contributed by atoms with E-state index in [-0.39, 0.29) is 18.8 Å². The Kier molecular flexibility index (Phi) is 7.74. The van der Waals surface area contributed by atoms with Crippen LogP contribution in [0.2, 0.25) is 0 Å². The number of imidazole rings is 1. The number of hydrogen-bond donors (Lipinski definition) is 6. The van der Waals surface area contributed by atoms with Gasteiger partial charge < -0.3 is 36.4 Å². The summed E-state index contributed by atoms with van der Waals surface area (Å²) in [6, 6.07) is -1.03. The zero-order valence-electron chi connectivity index (χ0n) is 17.2. The number of carboxylic acids is 1. The summed E-state index contributed by atoms with van der Waals surface area (Å²) in [6.45, 7) is 1.35. The maximum absolute atomic E-state index is 11.0. The van der Waals surface area contributed by atoms with Crippen LogP contribution in [0, 0.1) is 5.53 Å². The van der Waals surface area contributed by atoms with Gasteiger partial charge in [-0.1, -0.05) is 0 Å². The third-order valence-corrected chi connectivity index (χ3v) is 5.31. The molecule has 0 bridgehead atoms. The van der Waals surface area contributed by atoms with Crippen molar-refractivity contribution in [2.24, 2.45) is 10.8 Å². The Labute approximate surface area is 182 Å². The molecule has 0 radical (unpaired) electrons. The molecule has 0 aromatic carbocycles. The van der Waals surface area contributed by atoms with Crippen molar-refractivity contribution in [1.29, 1.82) is 5.53 Å². The van der Waals surface area contributed by atoms with E-state index in [2.05, 4.69) is 25.0 Å². The molecule has 1 aliphatic rings. The largest absolute Gasteiger partial charge is 0.480 e. The molecule has 1 fully saturated rings. The van der Waals surface area contributed by atoms with Gasteiger partial charge in [0, 0.05) is 19.6 Å². The molecule has 0 unspecified atom stereocenters. The molecule has 0 aliphatic carbocycles. The topological polar surface area (TPSA) is 236 Å². The van der Waals surface area contributed by atoms with Crippen LogP contribution in [0.5, 0.6) is 0 Å². The van der Waals surface area contributed by atoms with Crippen LogP contribution in [0.15, 0.2) is 17.8 Å². The van der Waals surface area contributed by atoms with Gasteiger partial charge in [0.25, 0.3) is 0 Å². The van der Waals surface area contributed by atoms with Gasteiger partial charge in [0.05, 0.1) is 6.33 Å². The van der Waals surface area contributed by atoms with Gasteiger partial charge in [-0.25, -0.2) is 15.0 Å². The van der Waals surface area contributed by atoms with E-state index < -0.39 is 36.6 Å². The van der Waals surface area contributed by atoms with Crippen LogP contribution in [0.1, 0.15) is 19.1 Å². The number of ether oxygens (including phenoxy) is 1. The molecule has 174 valence electrons. The molecule has 15 nitrogen and oxygen atoms in total. The van der Waals surface area contributed by atoms with Crippen LogP contribution < -0.4 is 16.4 Å². The van der Waals surface area contributed by atoms with Crippen molar-refractivity contribution in [3.05, 3.63) is 12.7 Å². The number of aliphatic carboxylic acids is 1. The first-order valence-electron chi connectivity index (χ1n) is 10.0. The Bertz CT molecular complexity index is 980. The SMILES string of the molecule is N=[N+]=NCCCN(CC[C@H](N)C(=O)O)C[C@H]1O[C@@H](n2cnc3c(N)ncnc32)[C@H](O)[C@@H]1O. The molecule has 1 saturated heterocycles. The fourth-order valence-electron chi connectivity index (χ4n) is 3.58. The lowest BCUT2D eigenvalue weighted by Gasteiger charge is -2.27. The number of aliphatic hydroxyl groups is 2. The lowest BCUT2D eigenvalue weighted by atomic mass is 10.1. The fourth-order valence-corrected chi connectivity index (χ4v) is 3.58. The molecular formula is C17H27N10O5+. The Morgan fingerprint density at radius 3 is 2.84 bits per heavy atom. The first kappa shape index (κ1) is 23.6. The van der Waals surface area contributed by atoms with E-state index in [1.165, 1.54) is 17.2 Å². The van der Waals surface area contributed by atoms with Crippen LogP contribution >= 0.6 is 0 Å². The van der Waals surface area contributed by atoms with Crippen LogP contribution in [0.25, 0.3) is 11.2 Å². The summed E-state index contributed by atoms with van der Waals surface area (Å²) in [5.41, 5.74) is 18.9. The monoisotopic (exact) mass is 451 g/mol. The Morgan fingerprint density at radius 1 is 1.34 bits per heavy atom. The molecule has 0 amide bonds. The average molecular weight is 451 g/mol. The number of hydrogen-bond acceptors (Lipinski definition) is 12. The number of fused-ring (bicyclic) bond motifs is 1. The third kappa shape index (κ3) is 5.21. The smallest absolute Gasteiger partial charge is 0.320 e. The minimum Gasteiger partial charge on any atom is -0.480 e. The number of aliphatic hydroxyl groups excluding tert-OH is 2. The summed E-state index contributed by atoms with van der Waals surface area (Å²) in [5, 5.41) is 33.9. The highest BCUT2D eigenvalue weighted by Crippen LogP contribution is 2.32. The van der Waals surface area contributed by atoms with Crippen LogP contribution in [-0.2, 0) is 9.53 Å². The maximum atomic E-state index is 11.0. The number of nitrogens with one attached hydrogen (secondary N) is 1.